The first-order chi connectivity index (χ1) is 9.70. The molecule has 3 nitrogen and oxygen atoms in total. The van der Waals surface area contributed by atoms with E-state index in [1.165, 1.54) is 11.3 Å². The van der Waals surface area contributed by atoms with Gasteiger partial charge in [-0.3, -0.25) is 4.79 Å². The number of nitrogens with one attached hydrogen (secondary N) is 1. The lowest BCUT2D eigenvalue weighted by Crippen LogP contribution is -2.25. The Morgan fingerprint density at radius 2 is 2.35 bits per heavy atom. The van der Waals surface area contributed by atoms with Crippen LogP contribution in [-0.4, -0.2) is 17.6 Å². The van der Waals surface area contributed by atoms with E-state index in [1.54, 1.807) is 22.8 Å². The Balaban J connectivity index is 1.98. The van der Waals surface area contributed by atoms with Crippen molar-refractivity contribution in [1.82, 2.24) is 5.32 Å². The van der Waals surface area contributed by atoms with E-state index >= 15 is 0 Å². The van der Waals surface area contributed by atoms with Crippen LogP contribution in [0.15, 0.2) is 29.0 Å². The van der Waals surface area contributed by atoms with Crippen LogP contribution in [0.3, 0.4) is 0 Å². The lowest BCUT2D eigenvalue weighted by atomic mass is 10.2. The highest BCUT2D eigenvalue weighted by atomic mass is 32.1. The monoisotopic (exact) mass is 305 g/mol. The Morgan fingerprint density at radius 1 is 1.50 bits per heavy atom. The van der Waals surface area contributed by atoms with E-state index in [0.717, 1.165) is 9.75 Å². The Labute approximate surface area is 126 Å². The van der Waals surface area contributed by atoms with Gasteiger partial charge in [0.05, 0.1) is 23.1 Å². The third-order valence-corrected chi connectivity index (χ3v) is 4.53. The third-order valence-electron chi connectivity index (χ3n) is 2.63. The molecule has 1 amide bonds. The molecule has 0 aliphatic heterocycles. The third kappa shape index (κ3) is 3.94. The van der Waals surface area contributed by atoms with Crippen LogP contribution in [-0.2, 0) is 0 Å². The van der Waals surface area contributed by atoms with Gasteiger partial charge in [0.2, 0.25) is 0 Å². The van der Waals surface area contributed by atoms with Crippen molar-refractivity contribution in [3.8, 4) is 11.8 Å². The summed E-state index contributed by atoms with van der Waals surface area (Å²) in [4.78, 5) is 14.1. The number of rotatable bonds is 4. The molecule has 2 aromatic heterocycles. The fraction of sp³-hybridized carbons (Fsp3) is 0.267. The quantitative estimate of drug-likeness (QED) is 0.853. The van der Waals surface area contributed by atoms with Crippen LogP contribution in [0, 0.1) is 11.8 Å². The minimum absolute atomic E-state index is 0.00585. The van der Waals surface area contributed by atoms with Crippen molar-refractivity contribution >= 4 is 28.6 Å². The summed E-state index contributed by atoms with van der Waals surface area (Å²) >= 11 is 3.07. The Kier molecular flexibility index (Phi) is 5.36. The highest BCUT2D eigenvalue weighted by molar-refractivity contribution is 7.11. The highest BCUT2D eigenvalue weighted by Gasteiger charge is 2.13. The minimum atomic E-state index is -0.0858. The average Bonchev–Trinajstić information content (AvgIpc) is 3.10. The molecule has 20 heavy (non-hydrogen) atoms. The van der Waals surface area contributed by atoms with Crippen LogP contribution >= 0.6 is 22.7 Å². The molecule has 0 aromatic carbocycles. The van der Waals surface area contributed by atoms with Crippen LogP contribution in [0.1, 0.15) is 39.5 Å². The van der Waals surface area contributed by atoms with Crippen LogP contribution in [0.25, 0.3) is 0 Å². The number of hydrogen-bond acceptors (Lipinski definition) is 4. The van der Waals surface area contributed by atoms with E-state index in [2.05, 4.69) is 17.2 Å². The second kappa shape index (κ2) is 7.25. The Morgan fingerprint density at radius 3 is 3.05 bits per heavy atom. The smallest absolute Gasteiger partial charge is 0.252 e. The summed E-state index contributed by atoms with van der Waals surface area (Å²) < 4.78 is 0. The maximum atomic E-state index is 12.1. The van der Waals surface area contributed by atoms with Crippen molar-refractivity contribution in [2.24, 2.45) is 0 Å². The summed E-state index contributed by atoms with van der Waals surface area (Å²) in [7, 11) is 0. The van der Waals surface area contributed by atoms with E-state index in [4.69, 9.17) is 5.11 Å². The van der Waals surface area contributed by atoms with Crippen molar-refractivity contribution in [3.63, 3.8) is 0 Å². The molecular weight excluding hydrogens is 290 g/mol. The van der Waals surface area contributed by atoms with Gasteiger partial charge >= 0.3 is 0 Å². The van der Waals surface area contributed by atoms with Crippen molar-refractivity contribution in [1.29, 1.82) is 0 Å². The number of hydrogen-bond donors (Lipinski definition) is 2. The summed E-state index contributed by atoms with van der Waals surface area (Å²) in [6.07, 6.45) is 0.453. The standard InChI is InChI=1S/C15H15NO2S2/c1-11(14-6-4-8-19-14)16-15(18)12-9-13(20-10-12)5-2-3-7-17/h4,6,8-11,17H,3,7H2,1H3,(H,16,18). The highest BCUT2D eigenvalue weighted by Crippen LogP contribution is 2.20. The normalized spacial score (nSPS) is 11.5. The second-order valence-corrected chi connectivity index (χ2v) is 6.08. The van der Waals surface area contributed by atoms with Gasteiger partial charge in [0, 0.05) is 16.7 Å². The van der Waals surface area contributed by atoms with E-state index < -0.39 is 0 Å². The largest absolute Gasteiger partial charge is 0.395 e. The first kappa shape index (κ1) is 14.8. The van der Waals surface area contributed by atoms with E-state index in [1.807, 2.05) is 24.4 Å². The molecule has 2 rings (SSSR count). The molecule has 1 atom stereocenters. The van der Waals surface area contributed by atoms with Gasteiger partial charge in [-0.15, -0.1) is 22.7 Å². The molecule has 0 aliphatic rings. The molecule has 104 valence electrons. The number of aliphatic hydroxyl groups is 1. The number of carbonyl (C=O) groups excluding carboxylic acids is 1. The zero-order valence-corrected chi connectivity index (χ0v) is 12.7. The van der Waals surface area contributed by atoms with E-state index in [9.17, 15) is 4.79 Å². The molecule has 0 bridgehead atoms. The summed E-state index contributed by atoms with van der Waals surface area (Å²) in [5.41, 5.74) is 0.631. The van der Waals surface area contributed by atoms with Gasteiger partial charge in [-0.25, -0.2) is 0 Å². The second-order valence-electron chi connectivity index (χ2n) is 4.19. The van der Waals surface area contributed by atoms with Gasteiger partial charge in [-0.2, -0.15) is 0 Å². The van der Waals surface area contributed by atoms with Gasteiger partial charge < -0.3 is 10.4 Å². The summed E-state index contributed by atoms with van der Waals surface area (Å²) in [5, 5.41) is 15.4. The molecular formula is C15H15NO2S2. The summed E-state index contributed by atoms with van der Waals surface area (Å²) in [5.74, 6) is 5.69. The van der Waals surface area contributed by atoms with Gasteiger partial charge in [0.1, 0.15) is 0 Å². The fourth-order valence-corrected chi connectivity index (χ4v) is 3.10. The first-order valence-corrected chi connectivity index (χ1v) is 7.99. The van der Waals surface area contributed by atoms with Crippen LogP contribution in [0.2, 0.25) is 0 Å². The molecule has 0 spiro atoms. The predicted octanol–water partition coefficient (Wildman–Crippen LogP) is 3.03. The summed E-state index contributed by atoms with van der Waals surface area (Å²) in [6, 6.07) is 5.77. The number of amides is 1. The lowest BCUT2D eigenvalue weighted by Gasteiger charge is -2.11. The van der Waals surface area contributed by atoms with Crippen molar-refractivity contribution in [2.75, 3.05) is 6.61 Å². The molecule has 0 fully saturated rings. The molecule has 2 aromatic rings. The minimum Gasteiger partial charge on any atom is -0.395 e. The maximum absolute atomic E-state index is 12.1. The van der Waals surface area contributed by atoms with E-state index in [-0.39, 0.29) is 18.6 Å². The van der Waals surface area contributed by atoms with Crippen molar-refractivity contribution < 1.29 is 9.90 Å². The van der Waals surface area contributed by atoms with E-state index in [0.29, 0.717) is 12.0 Å². The SMILES string of the molecule is CC(NC(=O)c1csc(C#CCCO)c1)c1cccs1. The van der Waals surface area contributed by atoms with Crippen LogP contribution in [0.4, 0.5) is 0 Å². The predicted molar refractivity (Wildman–Crippen MR) is 83.1 cm³/mol. The molecule has 0 radical (unpaired) electrons. The van der Waals surface area contributed by atoms with Crippen molar-refractivity contribution in [2.45, 2.75) is 19.4 Å². The lowest BCUT2D eigenvalue weighted by molar-refractivity contribution is 0.0941. The molecule has 0 saturated heterocycles. The molecule has 1 unspecified atom stereocenters. The van der Waals surface area contributed by atoms with Crippen molar-refractivity contribution in [3.05, 3.63) is 44.3 Å². The van der Waals surface area contributed by atoms with Crippen LogP contribution < -0.4 is 5.32 Å². The van der Waals surface area contributed by atoms with Gasteiger partial charge in [0.25, 0.3) is 5.91 Å². The number of aliphatic hydroxyl groups excluding tert-OH is 1. The first-order valence-electron chi connectivity index (χ1n) is 6.23. The van der Waals surface area contributed by atoms with Crippen LogP contribution in [0.5, 0.6) is 0 Å². The Hall–Kier alpha value is -1.61. The molecule has 2 N–H and O–H groups in total. The molecule has 5 heteroatoms. The number of carbonyl (C=O) groups is 1. The number of thiophene rings is 2. The van der Waals surface area contributed by atoms with Gasteiger partial charge in [-0.05, 0) is 24.4 Å². The fourth-order valence-electron chi connectivity index (χ4n) is 1.62. The average molecular weight is 305 g/mol. The maximum Gasteiger partial charge on any atom is 0.252 e. The molecule has 2 heterocycles. The van der Waals surface area contributed by atoms with Gasteiger partial charge in [0.15, 0.2) is 0 Å². The molecule has 0 saturated carbocycles. The topological polar surface area (TPSA) is 49.3 Å². The zero-order valence-electron chi connectivity index (χ0n) is 11.1. The Bertz CT molecular complexity index is 620. The summed E-state index contributed by atoms with van der Waals surface area (Å²) in [6.45, 7) is 2.03. The molecule has 0 aliphatic carbocycles. The van der Waals surface area contributed by atoms with Gasteiger partial charge in [-0.1, -0.05) is 17.9 Å². The zero-order chi connectivity index (χ0) is 14.4.